The molecule has 3 aromatic rings. The van der Waals surface area contributed by atoms with Crippen LogP contribution in [-0.4, -0.2) is 8.94 Å². The van der Waals surface area contributed by atoms with E-state index in [1.807, 2.05) is 6.07 Å². The first-order valence-electron chi connectivity index (χ1n) is 5.44. The Hall–Kier alpha value is -1.68. The van der Waals surface area contributed by atoms with Gasteiger partial charge in [-0.25, -0.2) is 4.98 Å². The third-order valence-electron chi connectivity index (χ3n) is 3.14. The van der Waals surface area contributed by atoms with Gasteiger partial charge in [0.1, 0.15) is 4.83 Å². The van der Waals surface area contributed by atoms with E-state index in [-0.39, 0.29) is 5.56 Å². The number of rotatable bonds is 0. The molecule has 0 amide bonds. The maximum absolute atomic E-state index is 11.9. The molecular weight excluding hydrogens is 232 g/mol. The maximum atomic E-state index is 11.9. The number of aromatic nitrogens is 2. The molecule has 0 aliphatic heterocycles. The maximum Gasteiger partial charge on any atom is 0.269 e. The van der Waals surface area contributed by atoms with E-state index in [0.717, 1.165) is 15.7 Å². The number of nitrogens with zero attached hydrogens (tertiary/aromatic N) is 2. The van der Waals surface area contributed by atoms with Crippen molar-refractivity contribution in [2.24, 2.45) is 7.05 Å². The van der Waals surface area contributed by atoms with E-state index in [1.54, 1.807) is 11.0 Å². The summed E-state index contributed by atoms with van der Waals surface area (Å²) in [5.41, 5.74) is 3.46. The van der Waals surface area contributed by atoms with Crippen molar-refractivity contribution in [1.82, 2.24) is 8.94 Å². The largest absolute Gasteiger partial charge is 0.269 e. The molecule has 0 atom stereocenters. The predicted octanol–water partition coefficient (Wildman–Crippen LogP) is 2.77. The van der Waals surface area contributed by atoms with E-state index < -0.39 is 0 Å². The van der Waals surface area contributed by atoms with E-state index >= 15 is 0 Å². The molecule has 0 unspecified atom stereocenters. The van der Waals surface area contributed by atoms with Crippen molar-refractivity contribution in [3.8, 4) is 0 Å². The predicted molar refractivity (Wildman–Crippen MR) is 71.8 cm³/mol. The summed E-state index contributed by atoms with van der Waals surface area (Å²) in [6, 6.07) is 6.12. The topological polar surface area (TPSA) is 34.9 Å². The van der Waals surface area contributed by atoms with Crippen LogP contribution in [0.5, 0.6) is 0 Å². The minimum absolute atomic E-state index is 0.0395. The van der Waals surface area contributed by atoms with Gasteiger partial charge in [-0.05, 0) is 54.7 Å². The smallest absolute Gasteiger partial charge is 0.268 e. The number of aryl methyl sites for hydroxylation is 3. The van der Waals surface area contributed by atoms with Gasteiger partial charge < -0.3 is 0 Å². The van der Waals surface area contributed by atoms with Crippen molar-refractivity contribution in [1.29, 1.82) is 0 Å². The van der Waals surface area contributed by atoms with Crippen LogP contribution in [0.4, 0.5) is 0 Å². The molecule has 0 spiro atoms. The molecular formula is C13H12N2OS. The average Bonchev–Trinajstić information content (AvgIpc) is 2.54. The summed E-state index contributed by atoms with van der Waals surface area (Å²) in [6.45, 7) is 4.15. The fourth-order valence-electron chi connectivity index (χ4n) is 1.99. The standard InChI is InChI=1S/C13H12N2OS/c1-7-4-9-6-10-12(17-15(3)13(10)16)14-11(9)5-8(7)2/h4-6H,1-3H3. The van der Waals surface area contributed by atoms with Crippen molar-refractivity contribution in [3.05, 3.63) is 39.7 Å². The molecule has 0 aliphatic carbocycles. The summed E-state index contributed by atoms with van der Waals surface area (Å²) in [5.74, 6) is 0. The first-order chi connectivity index (χ1) is 8.06. The molecule has 3 nitrogen and oxygen atoms in total. The fraction of sp³-hybridized carbons (Fsp3) is 0.231. The Morgan fingerprint density at radius 1 is 1.18 bits per heavy atom. The van der Waals surface area contributed by atoms with Crippen LogP contribution in [0, 0.1) is 13.8 Å². The normalized spacial score (nSPS) is 11.5. The van der Waals surface area contributed by atoms with Gasteiger partial charge in [0.15, 0.2) is 0 Å². The molecule has 0 fully saturated rings. The van der Waals surface area contributed by atoms with E-state index in [4.69, 9.17) is 0 Å². The van der Waals surface area contributed by atoms with Crippen LogP contribution in [0.3, 0.4) is 0 Å². The Labute approximate surface area is 102 Å². The molecule has 0 saturated heterocycles. The molecule has 3 rings (SSSR count). The lowest BCUT2D eigenvalue weighted by atomic mass is 10.1. The van der Waals surface area contributed by atoms with Gasteiger partial charge in [-0.15, -0.1) is 0 Å². The van der Waals surface area contributed by atoms with Crippen LogP contribution >= 0.6 is 11.5 Å². The number of hydrogen-bond donors (Lipinski definition) is 0. The summed E-state index contributed by atoms with van der Waals surface area (Å²) < 4.78 is 1.62. The molecule has 0 aliphatic rings. The van der Waals surface area contributed by atoms with Gasteiger partial charge in [0.2, 0.25) is 0 Å². The van der Waals surface area contributed by atoms with E-state index in [9.17, 15) is 4.79 Å². The zero-order valence-corrected chi connectivity index (χ0v) is 10.8. The van der Waals surface area contributed by atoms with E-state index in [2.05, 4.69) is 31.0 Å². The first kappa shape index (κ1) is 10.5. The van der Waals surface area contributed by atoms with Gasteiger partial charge >= 0.3 is 0 Å². The molecule has 17 heavy (non-hydrogen) atoms. The van der Waals surface area contributed by atoms with Gasteiger partial charge in [0, 0.05) is 12.4 Å². The molecule has 4 heteroatoms. The summed E-state index contributed by atoms with van der Waals surface area (Å²) in [5, 5.41) is 1.75. The van der Waals surface area contributed by atoms with Crippen LogP contribution in [0.1, 0.15) is 11.1 Å². The van der Waals surface area contributed by atoms with Gasteiger partial charge in [-0.2, -0.15) is 0 Å². The average molecular weight is 244 g/mol. The second kappa shape index (κ2) is 3.40. The lowest BCUT2D eigenvalue weighted by molar-refractivity contribution is 0.989. The van der Waals surface area contributed by atoms with Crippen LogP contribution in [0.25, 0.3) is 21.1 Å². The van der Waals surface area contributed by atoms with Crippen LogP contribution < -0.4 is 5.56 Å². The van der Waals surface area contributed by atoms with Gasteiger partial charge in [0.05, 0.1) is 10.9 Å². The number of hydrogen-bond acceptors (Lipinski definition) is 3. The van der Waals surface area contributed by atoms with Gasteiger partial charge in [0.25, 0.3) is 5.56 Å². The highest BCUT2D eigenvalue weighted by atomic mass is 32.1. The Bertz CT molecular complexity index is 798. The highest BCUT2D eigenvalue weighted by molar-refractivity contribution is 7.13. The van der Waals surface area contributed by atoms with Crippen molar-refractivity contribution in [2.45, 2.75) is 13.8 Å². The Morgan fingerprint density at radius 2 is 1.88 bits per heavy atom. The highest BCUT2D eigenvalue weighted by Crippen LogP contribution is 2.23. The highest BCUT2D eigenvalue weighted by Gasteiger charge is 2.08. The molecule has 1 aromatic carbocycles. The minimum atomic E-state index is 0.0395. The Balaban J connectivity index is 2.52. The van der Waals surface area contributed by atoms with Crippen LogP contribution in [0.2, 0.25) is 0 Å². The van der Waals surface area contributed by atoms with Crippen LogP contribution in [-0.2, 0) is 7.05 Å². The second-order valence-electron chi connectivity index (χ2n) is 4.36. The van der Waals surface area contributed by atoms with Crippen molar-refractivity contribution < 1.29 is 0 Å². The van der Waals surface area contributed by atoms with Crippen molar-refractivity contribution in [2.75, 3.05) is 0 Å². The number of pyridine rings is 1. The molecule has 86 valence electrons. The SMILES string of the molecule is Cc1cc2cc3c(=O)n(C)sc3nc2cc1C. The quantitative estimate of drug-likeness (QED) is 0.609. The lowest BCUT2D eigenvalue weighted by Crippen LogP contribution is -2.07. The monoisotopic (exact) mass is 244 g/mol. The minimum Gasteiger partial charge on any atom is -0.268 e. The fourth-order valence-corrected chi connectivity index (χ4v) is 2.81. The van der Waals surface area contributed by atoms with E-state index in [1.165, 1.54) is 22.7 Å². The molecule has 2 aromatic heterocycles. The zero-order valence-electron chi connectivity index (χ0n) is 9.94. The summed E-state index contributed by atoms with van der Waals surface area (Å²) in [4.78, 5) is 17.2. The number of fused-ring (bicyclic) bond motifs is 2. The zero-order chi connectivity index (χ0) is 12.2. The lowest BCUT2D eigenvalue weighted by Gasteiger charge is -2.02. The summed E-state index contributed by atoms with van der Waals surface area (Å²) >= 11 is 1.40. The molecule has 0 bridgehead atoms. The third-order valence-corrected chi connectivity index (χ3v) is 4.06. The van der Waals surface area contributed by atoms with E-state index in [0.29, 0.717) is 5.39 Å². The third kappa shape index (κ3) is 1.48. The summed E-state index contributed by atoms with van der Waals surface area (Å²) in [6.07, 6.45) is 0. The second-order valence-corrected chi connectivity index (χ2v) is 5.48. The molecule has 0 saturated carbocycles. The van der Waals surface area contributed by atoms with Crippen molar-refractivity contribution in [3.63, 3.8) is 0 Å². The van der Waals surface area contributed by atoms with Crippen LogP contribution in [0.15, 0.2) is 23.0 Å². The van der Waals surface area contributed by atoms with Gasteiger partial charge in [-0.3, -0.25) is 8.75 Å². The number of benzene rings is 1. The van der Waals surface area contributed by atoms with Crippen molar-refractivity contribution >= 4 is 32.7 Å². The Kier molecular flexibility index (Phi) is 2.10. The first-order valence-corrected chi connectivity index (χ1v) is 6.21. The molecule has 0 radical (unpaired) electrons. The van der Waals surface area contributed by atoms with Gasteiger partial charge in [-0.1, -0.05) is 0 Å². The molecule has 0 N–H and O–H groups in total. The summed E-state index contributed by atoms with van der Waals surface area (Å²) in [7, 11) is 1.77. The molecule has 2 heterocycles. The Morgan fingerprint density at radius 3 is 2.65 bits per heavy atom.